The molecule has 1 aliphatic carbocycles. The lowest BCUT2D eigenvalue weighted by Crippen LogP contribution is -2.43. The summed E-state index contributed by atoms with van der Waals surface area (Å²) >= 11 is 0. The quantitative estimate of drug-likeness (QED) is 0.271. The monoisotopic (exact) mass is 499 g/mol. The van der Waals surface area contributed by atoms with E-state index in [1.807, 2.05) is 24.3 Å². The second-order valence-electron chi connectivity index (χ2n) is 9.49. The molecule has 2 aromatic heterocycles. The van der Waals surface area contributed by atoms with Gasteiger partial charge in [0.1, 0.15) is 17.1 Å². The summed E-state index contributed by atoms with van der Waals surface area (Å²) in [6.07, 6.45) is 8.60. The Hall–Kier alpha value is -4.11. The Morgan fingerprint density at radius 3 is 2.81 bits per heavy atom. The predicted molar refractivity (Wildman–Crippen MR) is 146 cm³/mol. The number of hydrogen-bond donors (Lipinski definition) is 4. The minimum Gasteiger partial charge on any atom is -0.497 e. The minimum atomic E-state index is -0.591. The summed E-state index contributed by atoms with van der Waals surface area (Å²) in [5.74, 6) is 1.06. The van der Waals surface area contributed by atoms with Crippen molar-refractivity contribution in [3.8, 4) is 5.75 Å². The first-order valence-electron chi connectivity index (χ1n) is 12.7. The Labute approximate surface area is 216 Å². The van der Waals surface area contributed by atoms with Crippen molar-refractivity contribution in [2.45, 2.75) is 50.7 Å². The van der Waals surface area contributed by atoms with E-state index in [4.69, 9.17) is 16.2 Å². The molecule has 37 heavy (non-hydrogen) atoms. The SMILES string of the molecule is COc1cccc(CCn2ccc3c(Nc4nc(NC5CCCCC5N)ncc4C(N)=O)cccc32)c1. The Kier molecular flexibility index (Phi) is 7.23. The van der Waals surface area contributed by atoms with Gasteiger partial charge >= 0.3 is 0 Å². The lowest BCUT2D eigenvalue weighted by molar-refractivity contribution is 0.100. The number of hydrogen-bond acceptors (Lipinski definition) is 7. The second-order valence-corrected chi connectivity index (χ2v) is 9.49. The predicted octanol–water partition coefficient (Wildman–Crippen LogP) is 4.21. The molecule has 9 heteroatoms. The molecule has 9 nitrogen and oxygen atoms in total. The highest BCUT2D eigenvalue weighted by Gasteiger charge is 2.23. The first-order chi connectivity index (χ1) is 18.0. The van der Waals surface area contributed by atoms with Crippen LogP contribution in [0.25, 0.3) is 10.9 Å². The van der Waals surface area contributed by atoms with Gasteiger partial charge in [-0.15, -0.1) is 0 Å². The van der Waals surface area contributed by atoms with E-state index >= 15 is 0 Å². The number of carbonyl (C=O) groups excluding carboxylic acids is 1. The lowest BCUT2D eigenvalue weighted by atomic mass is 9.91. The standard InChI is InChI=1S/C28H33N7O2/c1-37-19-7-4-6-18(16-19)12-14-35-15-13-20-23(10-5-11-25(20)35)32-27-21(26(30)36)17-31-28(34-27)33-24-9-3-2-8-22(24)29/h4-7,10-11,13,15-17,22,24H,2-3,8-9,12,14,29H2,1H3,(H2,30,36)(H2,31,32,33,34). The van der Waals surface area contributed by atoms with Gasteiger partial charge in [-0.2, -0.15) is 4.98 Å². The summed E-state index contributed by atoms with van der Waals surface area (Å²) < 4.78 is 7.56. The van der Waals surface area contributed by atoms with Gasteiger partial charge in [0, 0.05) is 42.1 Å². The molecule has 5 rings (SSSR count). The fraction of sp³-hybridized carbons (Fsp3) is 0.321. The first-order valence-corrected chi connectivity index (χ1v) is 12.7. The van der Waals surface area contributed by atoms with E-state index in [1.54, 1.807) is 7.11 Å². The van der Waals surface area contributed by atoms with Crippen molar-refractivity contribution < 1.29 is 9.53 Å². The number of methoxy groups -OCH3 is 1. The number of nitrogens with two attached hydrogens (primary N) is 2. The van der Waals surface area contributed by atoms with Gasteiger partial charge in [-0.3, -0.25) is 4.79 Å². The molecule has 2 aromatic carbocycles. The molecule has 1 fully saturated rings. The Morgan fingerprint density at radius 1 is 1.16 bits per heavy atom. The summed E-state index contributed by atoms with van der Waals surface area (Å²) in [5.41, 5.74) is 15.3. The third kappa shape index (κ3) is 5.51. The van der Waals surface area contributed by atoms with Gasteiger partial charge in [-0.25, -0.2) is 4.98 Å². The molecule has 0 radical (unpaired) electrons. The first kappa shape index (κ1) is 24.6. The van der Waals surface area contributed by atoms with Crippen molar-refractivity contribution in [3.63, 3.8) is 0 Å². The van der Waals surface area contributed by atoms with Crippen LogP contribution in [0, 0.1) is 0 Å². The van der Waals surface area contributed by atoms with Crippen LogP contribution in [0.4, 0.5) is 17.5 Å². The van der Waals surface area contributed by atoms with E-state index in [2.05, 4.69) is 55.6 Å². The highest BCUT2D eigenvalue weighted by Crippen LogP contribution is 2.29. The number of fused-ring (bicyclic) bond motifs is 1. The number of aromatic nitrogens is 3. The maximum atomic E-state index is 12.1. The van der Waals surface area contributed by atoms with Crippen LogP contribution in [-0.2, 0) is 13.0 Å². The van der Waals surface area contributed by atoms with Gasteiger partial charge in [0.2, 0.25) is 5.95 Å². The number of nitrogens with zero attached hydrogens (tertiary/aromatic N) is 3. The van der Waals surface area contributed by atoms with Crippen LogP contribution >= 0.6 is 0 Å². The molecular weight excluding hydrogens is 466 g/mol. The lowest BCUT2D eigenvalue weighted by Gasteiger charge is -2.29. The maximum absolute atomic E-state index is 12.1. The Balaban J connectivity index is 1.38. The van der Waals surface area contributed by atoms with Gasteiger partial charge in [-0.05, 0) is 55.2 Å². The molecule has 0 spiro atoms. The van der Waals surface area contributed by atoms with Crippen LogP contribution in [0.3, 0.4) is 0 Å². The Bertz CT molecular complexity index is 1400. The van der Waals surface area contributed by atoms with Crippen LogP contribution < -0.4 is 26.8 Å². The molecule has 0 aliphatic heterocycles. The van der Waals surface area contributed by atoms with E-state index in [-0.39, 0.29) is 17.6 Å². The molecule has 192 valence electrons. The van der Waals surface area contributed by atoms with Crippen LogP contribution in [0.1, 0.15) is 41.6 Å². The molecule has 2 unspecified atom stereocenters. The fourth-order valence-corrected chi connectivity index (χ4v) is 4.96. The maximum Gasteiger partial charge on any atom is 0.254 e. The molecule has 0 saturated heterocycles. The molecule has 2 heterocycles. The van der Waals surface area contributed by atoms with Crippen LogP contribution in [0.15, 0.2) is 60.9 Å². The van der Waals surface area contributed by atoms with Gasteiger partial charge in [0.25, 0.3) is 5.91 Å². The van der Waals surface area contributed by atoms with Crippen molar-refractivity contribution in [1.82, 2.24) is 14.5 Å². The number of anilines is 3. The summed E-state index contributed by atoms with van der Waals surface area (Å²) in [6, 6.07) is 16.4. The van der Waals surface area contributed by atoms with Gasteiger partial charge in [0.15, 0.2) is 0 Å². The third-order valence-electron chi connectivity index (χ3n) is 7.03. The van der Waals surface area contributed by atoms with E-state index in [9.17, 15) is 4.79 Å². The zero-order chi connectivity index (χ0) is 25.8. The molecule has 2 atom stereocenters. The zero-order valence-corrected chi connectivity index (χ0v) is 21.0. The van der Waals surface area contributed by atoms with Crippen molar-refractivity contribution >= 4 is 34.3 Å². The average molecular weight is 500 g/mol. The Morgan fingerprint density at radius 2 is 2.00 bits per heavy atom. The van der Waals surface area contributed by atoms with E-state index in [0.717, 1.165) is 61.0 Å². The molecule has 0 bridgehead atoms. The van der Waals surface area contributed by atoms with Crippen molar-refractivity contribution in [3.05, 3.63) is 72.1 Å². The highest BCUT2D eigenvalue weighted by molar-refractivity contribution is 6.00. The summed E-state index contributed by atoms with van der Waals surface area (Å²) in [5, 5.41) is 7.71. The number of rotatable bonds is 9. The molecule has 1 amide bonds. The molecule has 4 aromatic rings. The molecule has 1 aliphatic rings. The summed E-state index contributed by atoms with van der Waals surface area (Å²) in [7, 11) is 1.68. The van der Waals surface area contributed by atoms with Crippen LogP contribution in [-0.4, -0.2) is 39.6 Å². The fourth-order valence-electron chi connectivity index (χ4n) is 4.96. The topological polar surface area (TPSA) is 133 Å². The van der Waals surface area contributed by atoms with E-state index < -0.39 is 5.91 Å². The van der Waals surface area contributed by atoms with Crippen molar-refractivity contribution in [2.75, 3.05) is 17.7 Å². The average Bonchev–Trinajstić information content (AvgIpc) is 3.33. The summed E-state index contributed by atoms with van der Waals surface area (Å²) in [6.45, 7) is 0.815. The normalized spacial score (nSPS) is 17.5. The number of benzene rings is 2. The number of aryl methyl sites for hydroxylation is 2. The van der Waals surface area contributed by atoms with E-state index in [0.29, 0.717) is 11.8 Å². The third-order valence-corrected chi connectivity index (χ3v) is 7.03. The number of carbonyl (C=O) groups is 1. The van der Waals surface area contributed by atoms with Gasteiger partial charge in [0.05, 0.1) is 12.6 Å². The largest absolute Gasteiger partial charge is 0.497 e. The van der Waals surface area contributed by atoms with Crippen molar-refractivity contribution in [2.24, 2.45) is 11.5 Å². The highest BCUT2D eigenvalue weighted by atomic mass is 16.5. The van der Waals surface area contributed by atoms with E-state index in [1.165, 1.54) is 11.8 Å². The number of ether oxygens (including phenoxy) is 1. The molecule has 6 N–H and O–H groups in total. The van der Waals surface area contributed by atoms with Crippen LogP contribution in [0.5, 0.6) is 5.75 Å². The molecular formula is C28H33N7O2. The zero-order valence-electron chi connectivity index (χ0n) is 21.0. The van der Waals surface area contributed by atoms with Crippen molar-refractivity contribution in [1.29, 1.82) is 0 Å². The molecule has 1 saturated carbocycles. The number of nitrogens with one attached hydrogen (secondary N) is 2. The second kappa shape index (κ2) is 10.9. The van der Waals surface area contributed by atoms with Crippen LogP contribution in [0.2, 0.25) is 0 Å². The van der Waals surface area contributed by atoms with Gasteiger partial charge in [-0.1, -0.05) is 31.0 Å². The minimum absolute atomic E-state index is 0.0510. The summed E-state index contributed by atoms with van der Waals surface area (Å²) in [4.78, 5) is 21.1. The van der Waals surface area contributed by atoms with Gasteiger partial charge < -0.3 is 31.4 Å². The smallest absolute Gasteiger partial charge is 0.254 e. The number of primary amides is 1. The number of amides is 1.